The SMILES string of the molecule is COc1ccc2c(CN)c(C)n(C)c2c1. The van der Waals surface area contributed by atoms with Crippen molar-refractivity contribution in [3.05, 3.63) is 29.5 Å². The summed E-state index contributed by atoms with van der Waals surface area (Å²) in [5.41, 5.74) is 9.37. The molecule has 1 heterocycles. The monoisotopic (exact) mass is 204 g/mol. The Kier molecular flexibility index (Phi) is 2.40. The zero-order valence-corrected chi connectivity index (χ0v) is 9.37. The predicted molar refractivity (Wildman–Crippen MR) is 62.1 cm³/mol. The molecule has 0 saturated heterocycles. The van der Waals surface area contributed by atoms with Gasteiger partial charge in [0.1, 0.15) is 5.75 Å². The smallest absolute Gasteiger partial charge is 0.120 e. The maximum absolute atomic E-state index is 5.76. The summed E-state index contributed by atoms with van der Waals surface area (Å²) in [4.78, 5) is 0. The van der Waals surface area contributed by atoms with Crippen molar-refractivity contribution >= 4 is 10.9 Å². The molecular weight excluding hydrogens is 188 g/mol. The highest BCUT2D eigenvalue weighted by Gasteiger charge is 2.10. The Morgan fingerprint density at radius 1 is 1.40 bits per heavy atom. The number of ether oxygens (including phenoxy) is 1. The van der Waals surface area contributed by atoms with Crippen LogP contribution in [-0.4, -0.2) is 11.7 Å². The Morgan fingerprint density at radius 2 is 2.13 bits per heavy atom. The van der Waals surface area contributed by atoms with Crippen LogP contribution in [-0.2, 0) is 13.6 Å². The molecule has 0 fully saturated rings. The molecule has 0 spiro atoms. The van der Waals surface area contributed by atoms with E-state index in [1.165, 1.54) is 22.2 Å². The van der Waals surface area contributed by atoms with Crippen molar-refractivity contribution in [2.75, 3.05) is 7.11 Å². The van der Waals surface area contributed by atoms with E-state index in [0.29, 0.717) is 6.54 Å². The fraction of sp³-hybridized carbons (Fsp3) is 0.333. The molecule has 0 aliphatic rings. The standard InChI is InChI=1S/C12H16N2O/c1-8-11(7-13)10-5-4-9(15-3)6-12(10)14(8)2/h4-6H,7,13H2,1-3H3. The lowest BCUT2D eigenvalue weighted by atomic mass is 10.1. The normalized spacial score (nSPS) is 10.9. The minimum atomic E-state index is 0.579. The molecule has 0 saturated carbocycles. The first-order valence-corrected chi connectivity index (χ1v) is 5.01. The molecule has 0 unspecified atom stereocenters. The third-order valence-corrected chi connectivity index (χ3v) is 3.04. The van der Waals surface area contributed by atoms with E-state index in [4.69, 9.17) is 10.5 Å². The summed E-state index contributed by atoms with van der Waals surface area (Å²) >= 11 is 0. The molecule has 0 aliphatic carbocycles. The molecule has 2 rings (SSSR count). The van der Waals surface area contributed by atoms with Crippen molar-refractivity contribution in [3.8, 4) is 5.75 Å². The van der Waals surface area contributed by atoms with Gasteiger partial charge in [0.05, 0.1) is 12.6 Å². The van der Waals surface area contributed by atoms with Crippen LogP contribution < -0.4 is 10.5 Å². The molecule has 0 bridgehead atoms. The lowest BCUT2D eigenvalue weighted by molar-refractivity contribution is 0.415. The molecule has 0 amide bonds. The van der Waals surface area contributed by atoms with Gasteiger partial charge in [-0.25, -0.2) is 0 Å². The first kappa shape index (κ1) is 10.1. The Morgan fingerprint density at radius 3 is 2.73 bits per heavy atom. The van der Waals surface area contributed by atoms with Gasteiger partial charge in [-0.1, -0.05) is 0 Å². The van der Waals surface area contributed by atoms with E-state index in [1.807, 2.05) is 12.1 Å². The number of nitrogens with two attached hydrogens (primary N) is 1. The predicted octanol–water partition coefficient (Wildman–Crippen LogP) is 1.95. The van der Waals surface area contributed by atoms with Crippen LogP contribution in [0.15, 0.2) is 18.2 Å². The van der Waals surface area contributed by atoms with Crippen LogP contribution in [0.2, 0.25) is 0 Å². The molecular formula is C12H16N2O. The maximum Gasteiger partial charge on any atom is 0.120 e. The summed E-state index contributed by atoms with van der Waals surface area (Å²) in [6.45, 7) is 2.67. The fourth-order valence-electron chi connectivity index (χ4n) is 2.01. The van der Waals surface area contributed by atoms with Crippen LogP contribution >= 0.6 is 0 Å². The zero-order valence-electron chi connectivity index (χ0n) is 9.37. The van der Waals surface area contributed by atoms with Gasteiger partial charge in [0.15, 0.2) is 0 Å². The second kappa shape index (κ2) is 3.59. The van der Waals surface area contributed by atoms with Gasteiger partial charge in [-0.2, -0.15) is 0 Å². The van der Waals surface area contributed by atoms with E-state index in [1.54, 1.807) is 7.11 Å². The third-order valence-electron chi connectivity index (χ3n) is 3.04. The lowest BCUT2D eigenvalue weighted by Gasteiger charge is -2.01. The fourth-order valence-corrected chi connectivity index (χ4v) is 2.01. The number of hydrogen-bond acceptors (Lipinski definition) is 2. The summed E-state index contributed by atoms with van der Waals surface area (Å²) in [6, 6.07) is 6.09. The number of hydrogen-bond donors (Lipinski definition) is 1. The lowest BCUT2D eigenvalue weighted by Crippen LogP contribution is -1.98. The highest BCUT2D eigenvalue weighted by Crippen LogP contribution is 2.27. The molecule has 80 valence electrons. The minimum Gasteiger partial charge on any atom is -0.497 e. The van der Waals surface area contributed by atoms with Gasteiger partial charge in [-0.05, 0) is 24.6 Å². The quantitative estimate of drug-likeness (QED) is 0.812. The highest BCUT2D eigenvalue weighted by atomic mass is 16.5. The average Bonchev–Trinajstić information content (AvgIpc) is 2.51. The van der Waals surface area contributed by atoms with Crippen molar-refractivity contribution in [2.45, 2.75) is 13.5 Å². The van der Waals surface area contributed by atoms with Crippen LogP contribution in [0.1, 0.15) is 11.3 Å². The van der Waals surface area contributed by atoms with Crippen LogP contribution in [0.4, 0.5) is 0 Å². The van der Waals surface area contributed by atoms with E-state index < -0.39 is 0 Å². The van der Waals surface area contributed by atoms with E-state index in [9.17, 15) is 0 Å². The number of benzene rings is 1. The molecule has 0 aliphatic heterocycles. The van der Waals surface area contributed by atoms with Crippen molar-refractivity contribution < 1.29 is 4.74 Å². The van der Waals surface area contributed by atoms with Crippen molar-refractivity contribution in [3.63, 3.8) is 0 Å². The van der Waals surface area contributed by atoms with Crippen LogP contribution in [0.3, 0.4) is 0 Å². The van der Waals surface area contributed by atoms with E-state index in [-0.39, 0.29) is 0 Å². The second-order valence-corrected chi connectivity index (χ2v) is 3.71. The Hall–Kier alpha value is -1.48. The first-order chi connectivity index (χ1) is 7.19. The van der Waals surface area contributed by atoms with Gasteiger partial charge in [0, 0.05) is 30.7 Å². The van der Waals surface area contributed by atoms with Crippen molar-refractivity contribution in [2.24, 2.45) is 12.8 Å². The molecule has 1 aromatic carbocycles. The van der Waals surface area contributed by atoms with E-state index >= 15 is 0 Å². The van der Waals surface area contributed by atoms with Gasteiger partial charge >= 0.3 is 0 Å². The zero-order chi connectivity index (χ0) is 11.0. The molecule has 15 heavy (non-hydrogen) atoms. The van der Waals surface area contributed by atoms with Crippen LogP contribution in [0, 0.1) is 6.92 Å². The molecule has 3 nitrogen and oxygen atoms in total. The molecule has 2 aromatic rings. The van der Waals surface area contributed by atoms with Gasteiger partial charge in [0.25, 0.3) is 0 Å². The van der Waals surface area contributed by atoms with Crippen LogP contribution in [0.25, 0.3) is 10.9 Å². The summed E-state index contributed by atoms with van der Waals surface area (Å²) in [5.74, 6) is 0.881. The molecule has 0 atom stereocenters. The molecule has 1 aromatic heterocycles. The van der Waals surface area contributed by atoms with Gasteiger partial charge in [-0.15, -0.1) is 0 Å². The number of aryl methyl sites for hydroxylation is 1. The summed E-state index contributed by atoms with van der Waals surface area (Å²) in [5, 5.41) is 1.22. The second-order valence-electron chi connectivity index (χ2n) is 3.71. The van der Waals surface area contributed by atoms with Crippen LogP contribution in [0.5, 0.6) is 5.75 Å². The minimum absolute atomic E-state index is 0.579. The molecule has 2 N–H and O–H groups in total. The highest BCUT2D eigenvalue weighted by molar-refractivity contribution is 5.86. The third kappa shape index (κ3) is 1.39. The largest absolute Gasteiger partial charge is 0.497 e. The topological polar surface area (TPSA) is 40.2 Å². The molecule has 0 radical (unpaired) electrons. The number of fused-ring (bicyclic) bond motifs is 1. The number of rotatable bonds is 2. The van der Waals surface area contributed by atoms with Gasteiger partial charge in [0.2, 0.25) is 0 Å². The van der Waals surface area contributed by atoms with E-state index in [0.717, 1.165) is 5.75 Å². The van der Waals surface area contributed by atoms with Gasteiger partial charge in [-0.3, -0.25) is 0 Å². The maximum atomic E-state index is 5.76. The van der Waals surface area contributed by atoms with Crippen molar-refractivity contribution in [1.82, 2.24) is 4.57 Å². The van der Waals surface area contributed by atoms with Crippen molar-refractivity contribution in [1.29, 1.82) is 0 Å². The van der Waals surface area contributed by atoms with E-state index in [2.05, 4.69) is 24.6 Å². The number of methoxy groups -OCH3 is 1. The summed E-state index contributed by atoms with van der Waals surface area (Å²) in [6.07, 6.45) is 0. The molecule has 3 heteroatoms. The first-order valence-electron chi connectivity index (χ1n) is 5.01. The summed E-state index contributed by atoms with van der Waals surface area (Å²) < 4.78 is 7.37. The number of nitrogens with zero attached hydrogens (tertiary/aromatic N) is 1. The average molecular weight is 204 g/mol. The Balaban J connectivity index is 2.78. The number of aromatic nitrogens is 1. The Bertz CT molecular complexity index is 500. The Labute approximate surface area is 89.4 Å². The summed E-state index contributed by atoms with van der Waals surface area (Å²) in [7, 11) is 3.73. The van der Waals surface area contributed by atoms with Gasteiger partial charge < -0.3 is 15.0 Å².